The van der Waals surface area contributed by atoms with Gasteiger partial charge in [-0.05, 0) is 6.16 Å². The quantitative estimate of drug-likeness (QED) is 0.384. The molecule has 0 aromatic heterocycles. The Morgan fingerprint density at radius 3 is 0.533 bits per heavy atom. The smallest absolute Gasteiger partial charge is 0.652 e. The van der Waals surface area contributed by atoms with Crippen LogP contribution in [0.4, 0.5) is 4.79 Å². The Morgan fingerprint density at radius 2 is 0.533 bits per heavy atom. The van der Waals surface area contributed by atoms with Gasteiger partial charge in [0.05, 0.1) is 0 Å². The van der Waals surface area contributed by atoms with Gasteiger partial charge in [-0.25, -0.2) is 0 Å². The summed E-state index contributed by atoms with van der Waals surface area (Å²) in [7, 11) is 0. The third-order valence-corrected chi connectivity index (χ3v) is 0. The van der Waals surface area contributed by atoms with Crippen molar-refractivity contribution in [2.45, 2.75) is 0 Å². The van der Waals surface area contributed by atoms with Gasteiger partial charge in [0.2, 0.25) is 0 Å². The van der Waals surface area contributed by atoms with Crippen LogP contribution in [0.5, 0.6) is 0 Å². The fourth-order valence-electron chi connectivity index (χ4n) is 0. The largest absolute Gasteiger partial charge is 2.00 e. The molecular formula is CH20MgO13. The maximum Gasteiger partial charge on any atom is 2.00 e. The van der Waals surface area contributed by atoms with Crippen LogP contribution in [0.2, 0.25) is 0 Å². The molecule has 0 aromatic rings. The molecule has 0 saturated heterocycles. The molecule has 0 aliphatic heterocycles. The maximum absolute atomic E-state index is 8.33. The van der Waals surface area contributed by atoms with Crippen LogP contribution in [0, 0.1) is 0 Å². The van der Waals surface area contributed by atoms with E-state index in [4.69, 9.17) is 15.0 Å². The van der Waals surface area contributed by atoms with E-state index in [9.17, 15) is 0 Å². The normalized spacial score (nSPS) is 1.60. The van der Waals surface area contributed by atoms with E-state index < -0.39 is 6.16 Å². The molecule has 20 N–H and O–H groups in total. The Labute approximate surface area is 99.6 Å². The van der Waals surface area contributed by atoms with Gasteiger partial charge in [-0.3, -0.25) is 0 Å². The van der Waals surface area contributed by atoms with Crippen LogP contribution in [-0.2, 0) is 0 Å². The first-order valence-corrected chi connectivity index (χ1v) is 0.612. The Bertz CT molecular complexity index is 33.5. The molecule has 0 fully saturated rings. The van der Waals surface area contributed by atoms with E-state index in [2.05, 4.69) is 0 Å². The molecule has 0 atom stereocenters. The summed E-state index contributed by atoms with van der Waals surface area (Å²) >= 11 is 0. The van der Waals surface area contributed by atoms with Crippen LogP contribution in [-0.4, -0.2) is 84.0 Å². The standard InChI is InChI=1S/CH2O3.Mg.10H2O/c2-1(3)4;;;;;;;;;;;/h(H2,2,3,4);;10*1H2/q;+2;;;;;;;;;;/p-2. The van der Waals surface area contributed by atoms with Crippen molar-refractivity contribution in [3.05, 3.63) is 0 Å². The third kappa shape index (κ3) is 14000. The monoisotopic (exact) mass is 264 g/mol. The molecule has 104 valence electrons. The summed E-state index contributed by atoms with van der Waals surface area (Å²) in [6, 6.07) is 0. The van der Waals surface area contributed by atoms with E-state index in [1.165, 1.54) is 0 Å². The van der Waals surface area contributed by atoms with Crippen molar-refractivity contribution in [3.63, 3.8) is 0 Å². The second-order valence-corrected chi connectivity index (χ2v) is 0.250. The average Bonchev–Trinajstić information content (AvgIpc) is 0.811. The second-order valence-electron chi connectivity index (χ2n) is 0.250. The molecule has 15 heavy (non-hydrogen) atoms. The van der Waals surface area contributed by atoms with Crippen molar-refractivity contribution in [1.29, 1.82) is 0 Å². The number of hydrogen-bond donors (Lipinski definition) is 0. The molecule has 0 spiro atoms. The first-order valence-electron chi connectivity index (χ1n) is 0.612. The SMILES string of the molecule is O.O.O.O.O.O.O.O.O.O.O=C([O-])[O-].[Mg+2]. The van der Waals surface area contributed by atoms with E-state index in [1.807, 2.05) is 0 Å². The molecular weight excluding hydrogens is 244 g/mol. The predicted molar refractivity (Wildman–Crippen MR) is 47.3 cm³/mol. The molecule has 0 aromatic carbocycles. The summed E-state index contributed by atoms with van der Waals surface area (Å²) in [6.07, 6.45) is -2.33. The molecule has 0 bridgehead atoms. The number of hydrogen-bond acceptors (Lipinski definition) is 3. The van der Waals surface area contributed by atoms with Gasteiger partial charge < -0.3 is 69.8 Å². The van der Waals surface area contributed by atoms with Crippen LogP contribution < -0.4 is 10.2 Å². The Balaban J connectivity index is -0.000000000818. The Hall–Kier alpha value is -0.364. The Kier molecular flexibility index (Phi) is 8180. The minimum Gasteiger partial charge on any atom is -0.652 e. The van der Waals surface area contributed by atoms with E-state index in [0.29, 0.717) is 0 Å². The molecule has 14 heteroatoms. The minimum atomic E-state index is -2.33. The number of carbonyl (C=O) groups is 1. The van der Waals surface area contributed by atoms with E-state index in [0.717, 1.165) is 0 Å². The molecule has 0 radical (unpaired) electrons. The van der Waals surface area contributed by atoms with Gasteiger partial charge in [0.15, 0.2) is 0 Å². The second kappa shape index (κ2) is 313. The summed E-state index contributed by atoms with van der Waals surface area (Å²) in [5.74, 6) is 0. The molecule has 0 rings (SSSR count). The zero-order chi connectivity index (χ0) is 3.58. The van der Waals surface area contributed by atoms with Gasteiger partial charge in [-0.1, -0.05) is 0 Å². The Morgan fingerprint density at radius 1 is 0.533 bits per heavy atom. The zero-order valence-electron chi connectivity index (χ0n) is 7.43. The fourth-order valence-corrected chi connectivity index (χ4v) is 0. The van der Waals surface area contributed by atoms with Gasteiger partial charge in [0.1, 0.15) is 0 Å². The fraction of sp³-hybridized carbons (Fsp3) is 0. The van der Waals surface area contributed by atoms with Crippen molar-refractivity contribution in [1.82, 2.24) is 0 Å². The zero-order valence-corrected chi connectivity index (χ0v) is 8.85. The van der Waals surface area contributed by atoms with Gasteiger partial charge in [-0.15, -0.1) is 0 Å². The molecule has 0 unspecified atom stereocenters. The van der Waals surface area contributed by atoms with E-state index >= 15 is 0 Å². The van der Waals surface area contributed by atoms with Crippen LogP contribution in [0.3, 0.4) is 0 Å². The summed E-state index contributed by atoms with van der Waals surface area (Å²) in [6.45, 7) is 0. The van der Waals surface area contributed by atoms with E-state index in [-0.39, 0.29) is 77.8 Å². The number of carboxylic acid groups (broad SMARTS) is 2. The van der Waals surface area contributed by atoms with Crippen LogP contribution in [0.25, 0.3) is 0 Å². The predicted octanol–water partition coefficient (Wildman–Crippen LogP) is -11.1. The van der Waals surface area contributed by atoms with Crippen molar-refractivity contribution < 1.29 is 69.8 Å². The minimum absolute atomic E-state index is 0. The number of rotatable bonds is 0. The van der Waals surface area contributed by atoms with Gasteiger partial charge in [0.25, 0.3) is 0 Å². The van der Waals surface area contributed by atoms with Crippen molar-refractivity contribution >= 4 is 29.2 Å². The summed E-state index contributed by atoms with van der Waals surface area (Å²) < 4.78 is 0. The van der Waals surface area contributed by atoms with Crippen LogP contribution in [0.1, 0.15) is 0 Å². The molecule has 0 saturated carbocycles. The summed E-state index contributed by atoms with van der Waals surface area (Å²) in [5.41, 5.74) is 0. The maximum atomic E-state index is 8.33. The topological polar surface area (TPSA) is 378 Å². The van der Waals surface area contributed by atoms with Crippen LogP contribution >= 0.6 is 0 Å². The first-order chi connectivity index (χ1) is 1.73. The van der Waals surface area contributed by atoms with Gasteiger partial charge >= 0.3 is 23.1 Å². The summed E-state index contributed by atoms with van der Waals surface area (Å²) in [4.78, 5) is 8.33. The first kappa shape index (κ1) is 392. The van der Waals surface area contributed by atoms with Gasteiger partial charge in [-0.2, -0.15) is 0 Å². The molecule has 0 amide bonds. The summed E-state index contributed by atoms with van der Waals surface area (Å²) in [5, 5.41) is 16.7. The van der Waals surface area contributed by atoms with Crippen LogP contribution in [0.15, 0.2) is 0 Å². The average molecular weight is 264 g/mol. The van der Waals surface area contributed by atoms with Crippen molar-refractivity contribution in [2.24, 2.45) is 0 Å². The van der Waals surface area contributed by atoms with Crippen molar-refractivity contribution in [3.8, 4) is 0 Å². The molecule has 13 nitrogen and oxygen atoms in total. The number of carbonyl (C=O) groups excluding carboxylic acids is 1. The molecule has 0 heterocycles. The van der Waals surface area contributed by atoms with E-state index in [1.54, 1.807) is 0 Å². The molecule has 0 aliphatic carbocycles. The molecule has 0 aliphatic rings. The van der Waals surface area contributed by atoms with Crippen molar-refractivity contribution in [2.75, 3.05) is 0 Å². The van der Waals surface area contributed by atoms with Gasteiger partial charge in [0, 0.05) is 0 Å². The third-order valence-electron chi connectivity index (χ3n) is 0.